The zero-order valence-electron chi connectivity index (χ0n) is 15.2. The van der Waals surface area contributed by atoms with Crippen LogP contribution in [0.3, 0.4) is 0 Å². The number of phenols is 1. The largest absolute Gasteiger partial charge is 0.504 e. The van der Waals surface area contributed by atoms with E-state index in [9.17, 15) is 9.90 Å². The van der Waals surface area contributed by atoms with Crippen LogP contribution in [-0.2, 0) is 6.54 Å². The SMILES string of the molecule is O=C(N1CCCCC1)N1CCOc2c(O)cc(-c3cccc(Cl)c3)cc2C1. The Morgan fingerprint density at radius 2 is 1.81 bits per heavy atom. The normalized spacial score (nSPS) is 17.1. The molecule has 4 rings (SSSR count). The second-order valence-corrected chi connectivity index (χ2v) is 7.53. The van der Waals surface area contributed by atoms with Crippen molar-refractivity contribution in [3.05, 3.63) is 47.0 Å². The van der Waals surface area contributed by atoms with Crippen LogP contribution >= 0.6 is 11.6 Å². The highest BCUT2D eigenvalue weighted by molar-refractivity contribution is 6.30. The van der Waals surface area contributed by atoms with Crippen LogP contribution in [0.5, 0.6) is 11.5 Å². The number of hydrogen-bond donors (Lipinski definition) is 1. The second-order valence-electron chi connectivity index (χ2n) is 7.09. The van der Waals surface area contributed by atoms with Gasteiger partial charge in [-0.3, -0.25) is 0 Å². The lowest BCUT2D eigenvalue weighted by atomic mass is 10.0. The molecule has 2 aliphatic heterocycles. The molecule has 0 aliphatic carbocycles. The van der Waals surface area contributed by atoms with Gasteiger partial charge < -0.3 is 19.6 Å². The maximum Gasteiger partial charge on any atom is 0.320 e. The number of rotatable bonds is 1. The molecule has 2 aromatic rings. The molecule has 6 heteroatoms. The lowest BCUT2D eigenvalue weighted by molar-refractivity contribution is 0.137. The van der Waals surface area contributed by atoms with Gasteiger partial charge in [-0.05, 0) is 54.7 Å². The van der Waals surface area contributed by atoms with Crippen molar-refractivity contribution in [3.63, 3.8) is 0 Å². The minimum Gasteiger partial charge on any atom is -0.504 e. The number of carbonyl (C=O) groups is 1. The average Bonchev–Trinajstić information content (AvgIpc) is 2.91. The van der Waals surface area contributed by atoms with Gasteiger partial charge in [-0.1, -0.05) is 23.7 Å². The van der Waals surface area contributed by atoms with E-state index >= 15 is 0 Å². The summed E-state index contributed by atoms with van der Waals surface area (Å²) in [6, 6.07) is 11.2. The van der Waals surface area contributed by atoms with Crippen LogP contribution in [0.2, 0.25) is 5.02 Å². The molecule has 5 nitrogen and oxygen atoms in total. The molecule has 0 bridgehead atoms. The summed E-state index contributed by atoms with van der Waals surface area (Å²) < 4.78 is 5.77. The van der Waals surface area contributed by atoms with Gasteiger partial charge in [0.05, 0.1) is 13.1 Å². The van der Waals surface area contributed by atoms with Crippen LogP contribution in [0.15, 0.2) is 36.4 Å². The Kier molecular flexibility index (Phi) is 5.12. The smallest absolute Gasteiger partial charge is 0.320 e. The van der Waals surface area contributed by atoms with E-state index in [0.717, 1.165) is 42.6 Å². The standard InChI is InChI=1S/C21H23ClN2O3/c22-18-6-4-5-15(12-18)16-11-17-14-24(9-10-27-20(17)19(25)13-16)21(26)23-7-2-1-3-8-23/h4-6,11-13,25H,1-3,7-10,14H2. The van der Waals surface area contributed by atoms with Gasteiger partial charge in [0.25, 0.3) is 0 Å². The van der Waals surface area contributed by atoms with Gasteiger partial charge in [0.1, 0.15) is 6.61 Å². The van der Waals surface area contributed by atoms with E-state index in [1.165, 1.54) is 6.42 Å². The van der Waals surface area contributed by atoms with Crippen molar-refractivity contribution in [1.82, 2.24) is 9.80 Å². The number of halogens is 1. The van der Waals surface area contributed by atoms with Gasteiger partial charge in [0.2, 0.25) is 0 Å². The molecule has 1 saturated heterocycles. The quantitative estimate of drug-likeness (QED) is 0.784. The van der Waals surface area contributed by atoms with Crippen molar-refractivity contribution in [2.24, 2.45) is 0 Å². The monoisotopic (exact) mass is 386 g/mol. The molecular formula is C21H23ClN2O3. The highest BCUT2D eigenvalue weighted by atomic mass is 35.5. The first-order valence-electron chi connectivity index (χ1n) is 9.40. The van der Waals surface area contributed by atoms with E-state index in [2.05, 4.69) is 0 Å². The number of likely N-dealkylation sites (tertiary alicyclic amines) is 1. The van der Waals surface area contributed by atoms with E-state index < -0.39 is 0 Å². The molecule has 0 atom stereocenters. The summed E-state index contributed by atoms with van der Waals surface area (Å²) >= 11 is 6.11. The Labute approximate surface area is 164 Å². The van der Waals surface area contributed by atoms with Crippen molar-refractivity contribution in [1.29, 1.82) is 0 Å². The third-order valence-corrected chi connectivity index (χ3v) is 5.41. The Bertz CT molecular complexity index is 849. The first-order chi connectivity index (χ1) is 13.1. The van der Waals surface area contributed by atoms with Crippen LogP contribution in [0.4, 0.5) is 4.79 Å². The fourth-order valence-electron chi connectivity index (χ4n) is 3.78. The summed E-state index contributed by atoms with van der Waals surface area (Å²) in [6.45, 7) is 2.94. The molecule has 0 unspecified atom stereocenters. The van der Waals surface area contributed by atoms with Crippen molar-refractivity contribution in [2.75, 3.05) is 26.2 Å². The predicted molar refractivity (Wildman–Crippen MR) is 105 cm³/mol. The number of hydrogen-bond acceptors (Lipinski definition) is 3. The third-order valence-electron chi connectivity index (χ3n) is 5.17. The van der Waals surface area contributed by atoms with Crippen molar-refractivity contribution in [3.8, 4) is 22.6 Å². The summed E-state index contributed by atoms with van der Waals surface area (Å²) in [5.41, 5.74) is 2.58. The van der Waals surface area contributed by atoms with Gasteiger partial charge in [0.15, 0.2) is 11.5 Å². The van der Waals surface area contributed by atoms with Crippen LogP contribution < -0.4 is 4.74 Å². The molecule has 2 heterocycles. The molecule has 2 aromatic carbocycles. The Morgan fingerprint density at radius 1 is 1.00 bits per heavy atom. The Hall–Kier alpha value is -2.40. The average molecular weight is 387 g/mol. The van der Waals surface area contributed by atoms with Crippen molar-refractivity contribution >= 4 is 17.6 Å². The molecule has 2 aliphatic rings. The predicted octanol–water partition coefficient (Wildman–Crippen LogP) is 4.51. The number of aromatic hydroxyl groups is 1. The number of ether oxygens (including phenoxy) is 1. The Morgan fingerprint density at radius 3 is 2.59 bits per heavy atom. The van der Waals surface area contributed by atoms with Gasteiger partial charge in [-0.25, -0.2) is 4.79 Å². The van der Waals surface area contributed by atoms with E-state index in [1.54, 1.807) is 6.07 Å². The van der Waals surface area contributed by atoms with Gasteiger partial charge >= 0.3 is 6.03 Å². The minimum atomic E-state index is 0.0544. The summed E-state index contributed by atoms with van der Waals surface area (Å²) in [6.07, 6.45) is 3.31. The summed E-state index contributed by atoms with van der Waals surface area (Å²) in [5, 5.41) is 11.1. The number of carbonyl (C=O) groups excluding carboxylic acids is 1. The molecule has 2 amide bonds. The number of phenolic OH excluding ortho intramolecular Hbond substituents is 1. The summed E-state index contributed by atoms with van der Waals surface area (Å²) in [7, 11) is 0. The zero-order chi connectivity index (χ0) is 18.8. The number of urea groups is 1. The first-order valence-corrected chi connectivity index (χ1v) is 9.78. The fraction of sp³-hybridized carbons (Fsp3) is 0.381. The molecule has 1 N–H and O–H groups in total. The molecule has 1 fully saturated rings. The maximum absolute atomic E-state index is 12.9. The van der Waals surface area contributed by atoms with E-state index in [4.69, 9.17) is 16.3 Å². The lowest BCUT2D eigenvalue weighted by Gasteiger charge is -2.32. The van der Waals surface area contributed by atoms with Crippen LogP contribution in [0.1, 0.15) is 24.8 Å². The molecule has 0 radical (unpaired) electrons. The third kappa shape index (κ3) is 3.83. The van der Waals surface area contributed by atoms with Gasteiger partial charge in [-0.2, -0.15) is 0 Å². The number of benzene rings is 2. The fourth-order valence-corrected chi connectivity index (χ4v) is 3.97. The molecule has 0 saturated carbocycles. The van der Waals surface area contributed by atoms with Gasteiger partial charge in [-0.15, -0.1) is 0 Å². The lowest BCUT2D eigenvalue weighted by Crippen LogP contribution is -2.45. The maximum atomic E-state index is 12.9. The topological polar surface area (TPSA) is 53.0 Å². The second kappa shape index (κ2) is 7.69. The molecule has 0 spiro atoms. The minimum absolute atomic E-state index is 0.0544. The summed E-state index contributed by atoms with van der Waals surface area (Å²) in [4.78, 5) is 16.7. The Balaban J connectivity index is 1.63. The van der Waals surface area contributed by atoms with E-state index in [1.807, 2.05) is 40.1 Å². The zero-order valence-corrected chi connectivity index (χ0v) is 15.9. The molecule has 0 aromatic heterocycles. The summed E-state index contributed by atoms with van der Waals surface area (Å²) in [5.74, 6) is 0.560. The van der Waals surface area contributed by atoms with Crippen LogP contribution in [-0.4, -0.2) is 47.2 Å². The van der Waals surface area contributed by atoms with E-state index in [-0.39, 0.29) is 11.8 Å². The number of amides is 2. The first kappa shape index (κ1) is 18.0. The van der Waals surface area contributed by atoms with Crippen molar-refractivity contribution in [2.45, 2.75) is 25.8 Å². The highest BCUT2D eigenvalue weighted by Gasteiger charge is 2.27. The molecular weight excluding hydrogens is 364 g/mol. The molecule has 27 heavy (non-hydrogen) atoms. The highest BCUT2D eigenvalue weighted by Crippen LogP contribution is 2.38. The van der Waals surface area contributed by atoms with E-state index in [0.29, 0.717) is 30.5 Å². The number of nitrogens with zero attached hydrogens (tertiary/aromatic N) is 2. The number of piperidine rings is 1. The van der Waals surface area contributed by atoms with Crippen molar-refractivity contribution < 1.29 is 14.6 Å². The van der Waals surface area contributed by atoms with Gasteiger partial charge in [0, 0.05) is 23.7 Å². The van der Waals surface area contributed by atoms with Crippen LogP contribution in [0.25, 0.3) is 11.1 Å². The van der Waals surface area contributed by atoms with Crippen LogP contribution in [0, 0.1) is 0 Å². The molecule has 142 valence electrons. The number of fused-ring (bicyclic) bond motifs is 1.